The molecule has 4 atom stereocenters. The van der Waals surface area contributed by atoms with Crippen LogP contribution in [0.5, 0.6) is 0 Å². The van der Waals surface area contributed by atoms with E-state index >= 15 is 0 Å². The maximum atomic E-state index is 12.4. The number of rotatable bonds is 8. The van der Waals surface area contributed by atoms with Gasteiger partial charge in [-0.3, -0.25) is 9.13 Å². The molecule has 0 saturated carbocycles. The number of hydrogen-bond donors (Lipinski definition) is 1. The van der Waals surface area contributed by atoms with Crippen LogP contribution in [-0.4, -0.2) is 52.8 Å². The van der Waals surface area contributed by atoms with Crippen LogP contribution in [0.1, 0.15) is 31.6 Å². The van der Waals surface area contributed by atoms with E-state index < -0.39 is 19.9 Å². The highest BCUT2D eigenvalue weighted by Gasteiger charge is 2.38. The molecule has 0 spiro atoms. The van der Waals surface area contributed by atoms with Crippen LogP contribution in [0.3, 0.4) is 0 Å². The zero-order valence-corrected chi connectivity index (χ0v) is 16.6. The van der Waals surface area contributed by atoms with E-state index in [-0.39, 0.29) is 18.4 Å². The van der Waals surface area contributed by atoms with E-state index in [0.29, 0.717) is 6.42 Å². The number of hydrogen-bond acceptors (Lipinski definition) is 7. The monoisotopic (exact) mass is 392 g/mol. The molecule has 1 saturated heterocycles. The maximum absolute atomic E-state index is 12.4. The Labute approximate surface area is 151 Å². The summed E-state index contributed by atoms with van der Waals surface area (Å²) >= 11 is 1.56. The zero-order valence-electron chi connectivity index (χ0n) is 14.9. The number of aryl methyl sites for hydroxylation is 1. The van der Waals surface area contributed by atoms with E-state index in [1.54, 1.807) is 18.0 Å². The molecule has 0 aliphatic carbocycles. The van der Waals surface area contributed by atoms with E-state index in [2.05, 4.69) is 11.9 Å². The van der Waals surface area contributed by atoms with Crippen molar-refractivity contribution in [3.63, 3.8) is 0 Å². The second-order valence-corrected chi connectivity index (χ2v) is 8.95. The van der Waals surface area contributed by atoms with Gasteiger partial charge in [-0.05, 0) is 24.7 Å². The first-order valence-corrected chi connectivity index (χ1v) is 11.1. The standard InChI is InChI=1S/C15H25N2O6PS/c1-5-6-25-14-10(2)8-17(15(18)16-14)13-7-11(21-3)12(23-13)9-22-24(4,19)20/h8,11-13H,5-7,9H2,1-4H3,(H,19,20)/t11?,12-,13-/m1/s1. The summed E-state index contributed by atoms with van der Waals surface area (Å²) in [4.78, 5) is 25.8. The number of aromatic nitrogens is 2. The molecule has 25 heavy (non-hydrogen) atoms. The van der Waals surface area contributed by atoms with Crippen LogP contribution in [0.4, 0.5) is 0 Å². The summed E-state index contributed by atoms with van der Waals surface area (Å²) < 4.78 is 28.9. The lowest BCUT2D eigenvalue weighted by atomic mass is 10.2. The Bertz CT molecular complexity index is 691. The summed E-state index contributed by atoms with van der Waals surface area (Å²) in [6, 6.07) is 0. The molecule has 1 aromatic rings. The van der Waals surface area contributed by atoms with Crippen molar-refractivity contribution in [3.05, 3.63) is 22.2 Å². The molecule has 2 unspecified atom stereocenters. The Hall–Kier alpha value is -0.700. The van der Waals surface area contributed by atoms with Crippen LogP contribution < -0.4 is 5.69 Å². The van der Waals surface area contributed by atoms with Gasteiger partial charge in [0.05, 0.1) is 12.7 Å². The third kappa shape index (κ3) is 5.64. The van der Waals surface area contributed by atoms with Crippen molar-refractivity contribution in [2.75, 3.05) is 26.1 Å². The average Bonchev–Trinajstić information content (AvgIpc) is 2.95. The van der Waals surface area contributed by atoms with Crippen LogP contribution in [0.2, 0.25) is 0 Å². The molecule has 8 nitrogen and oxygen atoms in total. The number of ether oxygens (including phenoxy) is 2. The minimum absolute atomic E-state index is 0.0785. The van der Waals surface area contributed by atoms with E-state index in [4.69, 9.17) is 14.0 Å². The molecular formula is C15H25N2O6PS. The first-order valence-electron chi connectivity index (χ1n) is 8.10. The van der Waals surface area contributed by atoms with Gasteiger partial charge >= 0.3 is 13.3 Å². The van der Waals surface area contributed by atoms with Gasteiger partial charge in [0.15, 0.2) is 0 Å². The van der Waals surface area contributed by atoms with Crippen LogP contribution in [-0.2, 0) is 18.6 Å². The third-order valence-electron chi connectivity index (χ3n) is 3.80. The molecule has 0 bridgehead atoms. The smallest absolute Gasteiger partial charge is 0.350 e. The summed E-state index contributed by atoms with van der Waals surface area (Å²) in [5.41, 5.74) is 0.526. The summed E-state index contributed by atoms with van der Waals surface area (Å²) in [5, 5.41) is 0.733. The van der Waals surface area contributed by atoms with Crippen molar-refractivity contribution in [1.82, 2.24) is 9.55 Å². The van der Waals surface area contributed by atoms with Crippen molar-refractivity contribution in [3.8, 4) is 0 Å². The van der Waals surface area contributed by atoms with Crippen molar-refractivity contribution in [2.45, 2.75) is 50.2 Å². The highest BCUT2D eigenvalue weighted by atomic mass is 32.2. The molecule has 2 heterocycles. The molecule has 0 radical (unpaired) electrons. The zero-order chi connectivity index (χ0) is 18.6. The molecular weight excluding hydrogens is 367 g/mol. The van der Waals surface area contributed by atoms with Crippen LogP contribution in [0.15, 0.2) is 16.0 Å². The van der Waals surface area contributed by atoms with Gasteiger partial charge in [0.25, 0.3) is 0 Å². The van der Waals surface area contributed by atoms with Gasteiger partial charge in [-0.15, -0.1) is 11.8 Å². The second-order valence-electron chi connectivity index (χ2n) is 6.01. The summed E-state index contributed by atoms with van der Waals surface area (Å²) in [6.07, 6.45) is 1.77. The first-order chi connectivity index (χ1) is 11.7. The second kappa shape index (κ2) is 8.79. The quantitative estimate of drug-likeness (QED) is 0.408. The van der Waals surface area contributed by atoms with Gasteiger partial charge < -0.3 is 18.9 Å². The van der Waals surface area contributed by atoms with Crippen LogP contribution in [0, 0.1) is 6.92 Å². The number of nitrogens with zero attached hydrogens (tertiary/aromatic N) is 2. The van der Waals surface area contributed by atoms with E-state index in [1.165, 1.54) is 11.7 Å². The molecule has 1 aliphatic rings. The van der Waals surface area contributed by atoms with Crippen LogP contribution in [0.25, 0.3) is 0 Å². The topological polar surface area (TPSA) is 99.9 Å². The van der Waals surface area contributed by atoms with Crippen molar-refractivity contribution >= 4 is 19.4 Å². The van der Waals surface area contributed by atoms with E-state index in [9.17, 15) is 14.3 Å². The Balaban J connectivity index is 2.15. The number of thioether (sulfide) groups is 1. The average molecular weight is 392 g/mol. The maximum Gasteiger partial charge on any atom is 0.350 e. The minimum atomic E-state index is -3.60. The number of methoxy groups -OCH3 is 1. The lowest BCUT2D eigenvalue weighted by Gasteiger charge is -2.18. The van der Waals surface area contributed by atoms with Gasteiger partial charge in [-0.2, -0.15) is 4.98 Å². The van der Waals surface area contributed by atoms with Crippen molar-refractivity contribution < 1.29 is 23.5 Å². The predicted octanol–water partition coefficient (Wildman–Crippen LogP) is 2.19. The van der Waals surface area contributed by atoms with Gasteiger partial charge in [-0.25, -0.2) is 4.79 Å². The highest BCUT2D eigenvalue weighted by molar-refractivity contribution is 7.99. The highest BCUT2D eigenvalue weighted by Crippen LogP contribution is 2.39. The normalized spacial score (nSPS) is 25.9. The molecule has 0 amide bonds. The lowest BCUT2D eigenvalue weighted by molar-refractivity contribution is -0.0499. The Morgan fingerprint density at radius 3 is 2.88 bits per heavy atom. The largest absolute Gasteiger partial charge is 0.378 e. The van der Waals surface area contributed by atoms with Crippen molar-refractivity contribution in [2.24, 2.45) is 0 Å². The summed E-state index contributed by atoms with van der Waals surface area (Å²) in [5.74, 6) is 0.903. The molecule has 2 rings (SSSR count). The fraction of sp³-hybridized carbons (Fsp3) is 0.733. The fourth-order valence-electron chi connectivity index (χ4n) is 2.58. The van der Waals surface area contributed by atoms with Crippen LogP contribution >= 0.6 is 19.4 Å². The molecule has 1 aliphatic heterocycles. The van der Waals surface area contributed by atoms with E-state index in [1.807, 2.05) is 6.92 Å². The third-order valence-corrected chi connectivity index (χ3v) is 5.73. The Morgan fingerprint density at radius 2 is 2.28 bits per heavy atom. The van der Waals surface area contributed by atoms with Gasteiger partial charge in [0, 0.05) is 26.4 Å². The lowest BCUT2D eigenvalue weighted by Crippen LogP contribution is -2.29. The Morgan fingerprint density at radius 1 is 1.56 bits per heavy atom. The summed E-state index contributed by atoms with van der Waals surface area (Å²) in [7, 11) is -2.07. The molecule has 1 fully saturated rings. The van der Waals surface area contributed by atoms with Gasteiger partial charge in [0.2, 0.25) is 0 Å². The molecule has 1 aromatic heterocycles. The molecule has 1 N–H and O–H groups in total. The van der Waals surface area contributed by atoms with Crippen molar-refractivity contribution in [1.29, 1.82) is 0 Å². The van der Waals surface area contributed by atoms with E-state index in [0.717, 1.165) is 29.4 Å². The van der Waals surface area contributed by atoms with Gasteiger partial charge in [0.1, 0.15) is 17.4 Å². The summed E-state index contributed by atoms with van der Waals surface area (Å²) in [6.45, 7) is 5.02. The fourth-order valence-corrected chi connectivity index (χ4v) is 3.83. The van der Waals surface area contributed by atoms with Gasteiger partial charge in [-0.1, -0.05) is 6.92 Å². The molecule has 0 aromatic carbocycles. The predicted molar refractivity (Wildman–Crippen MR) is 95.3 cm³/mol. The minimum Gasteiger partial charge on any atom is -0.378 e. The Kier molecular flexibility index (Phi) is 7.25. The SMILES string of the molecule is CCCSc1nc(=O)n([C@H]2CC(OC)[C@@H](COP(C)(=O)O)O2)cc1C. The molecule has 10 heteroatoms. The molecule has 142 valence electrons. The first kappa shape index (κ1) is 20.6.